The number of hydrogen-bond acceptors (Lipinski definition) is 3. The second kappa shape index (κ2) is 7.55. The second-order valence-corrected chi connectivity index (χ2v) is 6.03. The van der Waals surface area contributed by atoms with Gasteiger partial charge in [0.25, 0.3) is 0 Å². The average Bonchev–Trinajstić information content (AvgIpc) is 2.73. The Morgan fingerprint density at radius 2 is 2.18 bits per heavy atom. The fourth-order valence-electron chi connectivity index (χ4n) is 1.49. The molecule has 1 aliphatic heterocycles. The molecule has 0 radical (unpaired) electrons. The lowest BCUT2D eigenvalue weighted by Gasteiger charge is -2.27. The number of morpholine rings is 1. The molecule has 2 N–H and O–H groups in total. The molecule has 0 amide bonds. The fraction of sp³-hybridized carbons (Fsp3) is 0.500. The molecule has 2 heterocycles. The van der Waals surface area contributed by atoms with Crippen LogP contribution < -0.4 is 5.73 Å². The zero-order chi connectivity index (χ0) is 11.4. The van der Waals surface area contributed by atoms with Gasteiger partial charge in [-0.3, -0.25) is 0 Å². The number of nitrogens with two attached hydrogens (primary N) is 1. The largest absolute Gasteiger partial charge is 0.378 e. The number of rotatable bonds is 2. The zero-order valence-electron chi connectivity index (χ0n) is 9.26. The first-order chi connectivity index (χ1) is 7.75. The Kier molecular flexibility index (Phi) is 6.75. The Hall–Kier alpha value is 0.140. The summed E-state index contributed by atoms with van der Waals surface area (Å²) in [6, 6.07) is 4.09. The van der Waals surface area contributed by atoms with Crippen LogP contribution in [0.15, 0.2) is 20.9 Å². The minimum atomic E-state index is 0. The van der Waals surface area contributed by atoms with E-state index >= 15 is 0 Å². The molecule has 4 nitrogen and oxygen atoms in total. The van der Waals surface area contributed by atoms with Crippen molar-refractivity contribution in [2.24, 2.45) is 10.7 Å². The summed E-state index contributed by atoms with van der Waals surface area (Å²) in [4.78, 5) is 7.66. The maximum Gasteiger partial charge on any atom is 0.191 e. The number of guanidine groups is 1. The molecule has 0 bridgehead atoms. The lowest BCUT2D eigenvalue weighted by atomic mass is 10.4. The van der Waals surface area contributed by atoms with Crippen molar-refractivity contribution in [2.75, 3.05) is 26.3 Å². The maximum absolute atomic E-state index is 5.92. The van der Waals surface area contributed by atoms with Crippen LogP contribution in [-0.2, 0) is 11.3 Å². The first kappa shape index (κ1) is 15.2. The molecule has 2 rings (SSSR count). The highest BCUT2D eigenvalue weighted by atomic mass is 127. The van der Waals surface area contributed by atoms with E-state index in [4.69, 9.17) is 10.5 Å². The minimum Gasteiger partial charge on any atom is -0.378 e. The van der Waals surface area contributed by atoms with E-state index in [2.05, 4.69) is 31.9 Å². The molecule has 0 unspecified atom stereocenters. The molecule has 17 heavy (non-hydrogen) atoms. The quantitative estimate of drug-likeness (QED) is 0.444. The third-order valence-electron chi connectivity index (χ3n) is 2.36. The summed E-state index contributed by atoms with van der Waals surface area (Å²) in [7, 11) is 0. The smallest absolute Gasteiger partial charge is 0.191 e. The van der Waals surface area contributed by atoms with E-state index in [0.29, 0.717) is 12.5 Å². The third kappa shape index (κ3) is 4.72. The molecule has 1 saturated heterocycles. The van der Waals surface area contributed by atoms with Gasteiger partial charge in [-0.2, -0.15) is 0 Å². The number of aliphatic imine (C=N–C) groups is 1. The summed E-state index contributed by atoms with van der Waals surface area (Å²) >= 11 is 5.11. The Bertz CT molecular complexity index is 379. The molecule has 1 aromatic rings. The molecule has 1 aromatic heterocycles. The predicted octanol–water partition coefficient (Wildman–Crippen LogP) is 2.28. The monoisotopic (exact) mass is 431 g/mol. The molecule has 0 aliphatic carbocycles. The Balaban J connectivity index is 0.00000144. The highest BCUT2D eigenvalue weighted by molar-refractivity contribution is 14.0. The molecule has 96 valence electrons. The van der Waals surface area contributed by atoms with Crippen LogP contribution in [0.4, 0.5) is 0 Å². The van der Waals surface area contributed by atoms with Crippen molar-refractivity contribution in [3.05, 3.63) is 20.8 Å². The van der Waals surface area contributed by atoms with Crippen LogP contribution in [-0.4, -0.2) is 37.2 Å². The SMILES string of the molecule is I.NC(=NCc1ccc(Br)s1)N1CCOCC1. The Morgan fingerprint density at radius 1 is 1.47 bits per heavy atom. The molecule has 1 aliphatic rings. The van der Waals surface area contributed by atoms with Gasteiger partial charge in [-0.1, -0.05) is 0 Å². The average molecular weight is 432 g/mol. The standard InChI is InChI=1S/C10H14BrN3OS.HI/c11-9-2-1-8(16-9)7-13-10(12)14-3-5-15-6-4-14;/h1-2H,3-7H2,(H2,12,13);1H. The number of thiophene rings is 1. The molecular formula is C10H15BrIN3OS. The van der Waals surface area contributed by atoms with Gasteiger partial charge in [-0.05, 0) is 28.1 Å². The molecule has 1 fully saturated rings. The summed E-state index contributed by atoms with van der Waals surface area (Å²) in [6.07, 6.45) is 0. The lowest BCUT2D eigenvalue weighted by Crippen LogP contribution is -2.44. The van der Waals surface area contributed by atoms with Gasteiger partial charge < -0.3 is 15.4 Å². The van der Waals surface area contributed by atoms with Crippen molar-refractivity contribution >= 4 is 57.2 Å². The van der Waals surface area contributed by atoms with Crippen molar-refractivity contribution in [1.82, 2.24) is 4.90 Å². The molecule has 7 heteroatoms. The van der Waals surface area contributed by atoms with E-state index in [0.717, 1.165) is 30.1 Å². The third-order valence-corrected chi connectivity index (χ3v) is 3.97. The van der Waals surface area contributed by atoms with Crippen LogP contribution in [0.3, 0.4) is 0 Å². The van der Waals surface area contributed by atoms with E-state index in [1.165, 1.54) is 4.88 Å². The summed E-state index contributed by atoms with van der Waals surface area (Å²) in [5.41, 5.74) is 5.92. The molecule has 0 atom stereocenters. The Labute approximate surface area is 130 Å². The van der Waals surface area contributed by atoms with E-state index in [1.54, 1.807) is 11.3 Å². The van der Waals surface area contributed by atoms with Crippen LogP contribution >= 0.6 is 51.2 Å². The van der Waals surface area contributed by atoms with Crippen LogP contribution in [0, 0.1) is 0 Å². The van der Waals surface area contributed by atoms with Gasteiger partial charge in [0.1, 0.15) is 0 Å². The van der Waals surface area contributed by atoms with Crippen molar-refractivity contribution in [1.29, 1.82) is 0 Å². The van der Waals surface area contributed by atoms with Crippen molar-refractivity contribution in [3.8, 4) is 0 Å². The van der Waals surface area contributed by atoms with Crippen molar-refractivity contribution in [2.45, 2.75) is 6.54 Å². The normalized spacial score (nSPS) is 16.8. The van der Waals surface area contributed by atoms with Gasteiger partial charge in [0, 0.05) is 18.0 Å². The van der Waals surface area contributed by atoms with E-state index in [9.17, 15) is 0 Å². The fourth-order valence-corrected chi connectivity index (χ4v) is 2.90. The topological polar surface area (TPSA) is 50.8 Å². The summed E-state index contributed by atoms with van der Waals surface area (Å²) in [5, 5.41) is 0. The highest BCUT2D eigenvalue weighted by Crippen LogP contribution is 2.22. The van der Waals surface area contributed by atoms with Crippen molar-refractivity contribution in [3.63, 3.8) is 0 Å². The van der Waals surface area contributed by atoms with E-state index in [-0.39, 0.29) is 24.0 Å². The number of halogens is 2. The predicted molar refractivity (Wildman–Crippen MR) is 85.2 cm³/mol. The number of hydrogen-bond donors (Lipinski definition) is 1. The molecule has 0 aromatic carbocycles. The minimum absolute atomic E-state index is 0. The lowest BCUT2D eigenvalue weighted by molar-refractivity contribution is 0.0674. The molecule has 0 saturated carbocycles. The maximum atomic E-state index is 5.92. The number of nitrogens with zero attached hydrogens (tertiary/aromatic N) is 2. The Morgan fingerprint density at radius 3 is 2.76 bits per heavy atom. The van der Waals surface area contributed by atoms with Crippen molar-refractivity contribution < 1.29 is 4.74 Å². The van der Waals surface area contributed by atoms with Gasteiger partial charge in [-0.15, -0.1) is 35.3 Å². The van der Waals surface area contributed by atoms with Gasteiger partial charge in [-0.25, -0.2) is 4.99 Å². The van der Waals surface area contributed by atoms with Gasteiger partial charge in [0.05, 0.1) is 23.5 Å². The van der Waals surface area contributed by atoms with Gasteiger partial charge in [0.15, 0.2) is 5.96 Å². The summed E-state index contributed by atoms with van der Waals surface area (Å²) in [6.45, 7) is 3.80. The zero-order valence-corrected chi connectivity index (χ0v) is 14.0. The summed E-state index contributed by atoms with van der Waals surface area (Å²) < 4.78 is 6.39. The van der Waals surface area contributed by atoms with E-state index < -0.39 is 0 Å². The molecular weight excluding hydrogens is 417 g/mol. The van der Waals surface area contributed by atoms with Gasteiger partial charge in [0.2, 0.25) is 0 Å². The van der Waals surface area contributed by atoms with Crippen LogP contribution in [0.1, 0.15) is 4.88 Å². The van der Waals surface area contributed by atoms with Crippen LogP contribution in [0.2, 0.25) is 0 Å². The van der Waals surface area contributed by atoms with Gasteiger partial charge >= 0.3 is 0 Å². The number of ether oxygens (including phenoxy) is 1. The summed E-state index contributed by atoms with van der Waals surface area (Å²) in [5.74, 6) is 0.618. The van der Waals surface area contributed by atoms with Crippen LogP contribution in [0.5, 0.6) is 0 Å². The highest BCUT2D eigenvalue weighted by Gasteiger charge is 2.11. The first-order valence-corrected chi connectivity index (χ1v) is 6.73. The van der Waals surface area contributed by atoms with Crippen LogP contribution in [0.25, 0.3) is 0 Å². The van der Waals surface area contributed by atoms with E-state index in [1.807, 2.05) is 6.07 Å². The first-order valence-electron chi connectivity index (χ1n) is 5.12. The second-order valence-electron chi connectivity index (χ2n) is 3.48. The molecule has 0 spiro atoms.